The van der Waals surface area contributed by atoms with Crippen molar-refractivity contribution >= 4 is 65.0 Å². The van der Waals surface area contributed by atoms with Crippen LogP contribution in [0.2, 0.25) is 0 Å². The average Bonchev–Trinajstić information content (AvgIpc) is 3.62. The zero-order valence-electron chi connectivity index (χ0n) is 56.1. The maximum Gasteiger partial charge on any atom is 0.246 e. The van der Waals surface area contributed by atoms with Crippen LogP contribution in [0.1, 0.15) is 156 Å². The molecule has 1 fully saturated rings. The van der Waals surface area contributed by atoms with E-state index in [1.54, 1.807) is 54.5 Å². The molecule has 0 unspecified atom stereocenters. The number of hydrogen-bond donors (Lipinski definition) is 5. The Labute approximate surface area is 508 Å². The number of rotatable bonds is 15. The first-order valence-corrected chi connectivity index (χ1v) is 30.6. The molecule has 23 heteroatoms. The molecule has 1 aliphatic heterocycles. The maximum atomic E-state index is 15.1. The number of nitrogens with one attached hydrogen (secondary N) is 4. The smallest absolute Gasteiger partial charge is 0.246 e. The van der Waals surface area contributed by atoms with Crippen molar-refractivity contribution in [3.05, 3.63) is 12.2 Å². The van der Waals surface area contributed by atoms with Crippen molar-refractivity contribution < 1.29 is 57.8 Å². The van der Waals surface area contributed by atoms with Crippen LogP contribution in [0.3, 0.4) is 0 Å². The fourth-order valence-electron chi connectivity index (χ4n) is 10.7. The Morgan fingerprint density at radius 1 is 0.459 bits per heavy atom. The Kier molecular flexibility index (Phi) is 31.5. The predicted molar refractivity (Wildman–Crippen MR) is 328 cm³/mol. The van der Waals surface area contributed by atoms with Crippen molar-refractivity contribution in [3.8, 4) is 0 Å². The van der Waals surface area contributed by atoms with Crippen LogP contribution in [0, 0.1) is 41.4 Å². The fourth-order valence-corrected chi connectivity index (χ4v) is 10.7. The van der Waals surface area contributed by atoms with Gasteiger partial charge < -0.3 is 60.7 Å². The molecule has 0 aromatic carbocycles. The van der Waals surface area contributed by atoms with Gasteiger partial charge in [-0.1, -0.05) is 109 Å². The van der Waals surface area contributed by atoms with Crippen LogP contribution in [0.5, 0.6) is 0 Å². The second-order valence-electron chi connectivity index (χ2n) is 26.1. The van der Waals surface area contributed by atoms with E-state index in [-0.39, 0.29) is 55.8 Å². The number of amides is 11. The highest BCUT2D eigenvalue weighted by molar-refractivity contribution is 5.99. The van der Waals surface area contributed by atoms with E-state index >= 15 is 9.59 Å². The molecule has 0 spiro atoms. The molecule has 1 saturated heterocycles. The van der Waals surface area contributed by atoms with E-state index in [1.165, 1.54) is 87.7 Å². The molecule has 486 valence electrons. The maximum absolute atomic E-state index is 15.1. The quantitative estimate of drug-likeness (QED) is 0.148. The van der Waals surface area contributed by atoms with Gasteiger partial charge in [0.05, 0.1) is 12.6 Å². The standard InChI is InChI=1S/C62H111N11O12/c1-25-27-28-40(15)52(75)51-56(79)65-43(26-2)58(81)67(18)33-48(74)68(19)44(29-34(3)4)55(78)66-49(38(11)12)61(84)69(20)45(30-35(5)6)54(77)63-41(16)53(76)64-42(17)57(80)70(21)46(31-36(7)8)59(82)71(22)47(32-37(9)10)60(83)72(23)50(39(13)14)62(85)73(51)24/h25,27,34-47,49-52,75H,26,28-33H2,1-24H3,(H,63,77)(H,64,76)(H,65,79)(H,66,78)/t40-,41+,42-,43+,44+,45+,46+,47-,49+,50+,51+,52-/m1/s1. The van der Waals surface area contributed by atoms with E-state index < -0.39 is 156 Å². The van der Waals surface area contributed by atoms with Crippen LogP contribution in [0.15, 0.2) is 12.2 Å². The molecule has 0 radical (unpaired) electrons. The predicted octanol–water partition coefficient (Wildman–Crippen LogP) is 3.27. The van der Waals surface area contributed by atoms with Crippen molar-refractivity contribution in [3.63, 3.8) is 0 Å². The Hall–Kier alpha value is -6.13. The van der Waals surface area contributed by atoms with Gasteiger partial charge in [-0.2, -0.15) is 0 Å². The van der Waals surface area contributed by atoms with Crippen molar-refractivity contribution in [1.82, 2.24) is 55.6 Å². The van der Waals surface area contributed by atoms with Gasteiger partial charge in [-0.05, 0) is 101 Å². The molecule has 85 heavy (non-hydrogen) atoms. The van der Waals surface area contributed by atoms with Gasteiger partial charge in [-0.25, -0.2) is 0 Å². The normalized spacial score (nSPS) is 26.9. The first kappa shape index (κ1) is 76.9. The van der Waals surface area contributed by atoms with E-state index in [4.69, 9.17) is 0 Å². The number of carbonyl (C=O) groups is 11. The second kappa shape index (κ2) is 34.9. The minimum atomic E-state index is -1.61. The van der Waals surface area contributed by atoms with E-state index in [0.717, 1.165) is 9.80 Å². The lowest BCUT2D eigenvalue weighted by atomic mass is 9.91. The molecule has 5 N–H and O–H groups in total. The molecule has 0 saturated carbocycles. The summed E-state index contributed by atoms with van der Waals surface area (Å²) in [4.78, 5) is 169. The van der Waals surface area contributed by atoms with Crippen LogP contribution in [0.25, 0.3) is 0 Å². The molecule has 12 atom stereocenters. The molecule has 23 nitrogen and oxygen atoms in total. The van der Waals surface area contributed by atoms with Crippen molar-refractivity contribution in [1.29, 1.82) is 0 Å². The van der Waals surface area contributed by atoms with Crippen LogP contribution in [0.4, 0.5) is 0 Å². The van der Waals surface area contributed by atoms with Crippen LogP contribution in [-0.2, 0) is 52.7 Å². The third kappa shape index (κ3) is 21.7. The van der Waals surface area contributed by atoms with Crippen LogP contribution in [-0.4, -0.2) is 227 Å². The van der Waals surface area contributed by atoms with Crippen LogP contribution >= 0.6 is 0 Å². The fraction of sp³-hybridized carbons (Fsp3) is 0.790. The number of allylic oxidation sites excluding steroid dienone is 2. The Balaban J connectivity index is 4.32. The highest BCUT2D eigenvalue weighted by atomic mass is 16.3. The second-order valence-corrected chi connectivity index (χ2v) is 26.1. The molecule has 0 bridgehead atoms. The van der Waals surface area contributed by atoms with Crippen molar-refractivity contribution in [2.24, 2.45) is 41.4 Å². The van der Waals surface area contributed by atoms with Crippen molar-refractivity contribution in [2.45, 2.75) is 223 Å². The van der Waals surface area contributed by atoms with E-state index in [2.05, 4.69) is 21.3 Å². The summed E-state index contributed by atoms with van der Waals surface area (Å²) in [5, 5.41) is 23.1. The van der Waals surface area contributed by atoms with Gasteiger partial charge in [0.2, 0.25) is 65.0 Å². The Morgan fingerprint density at radius 3 is 1.32 bits per heavy atom. The molecule has 1 rings (SSSR count). The third-order valence-electron chi connectivity index (χ3n) is 16.1. The summed E-state index contributed by atoms with van der Waals surface area (Å²) in [7, 11) is 9.92. The van der Waals surface area contributed by atoms with Gasteiger partial charge in [0.15, 0.2) is 0 Å². The summed E-state index contributed by atoms with van der Waals surface area (Å²) in [5.74, 6) is -9.71. The summed E-state index contributed by atoms with van der Waals surface area (Å²) >= 11 is 0. The van der Waals surface area contributed by atoms with E-state index in [1.807, 2.05) is 61.5 Å². The van der Waals surface area contributed by atoms with Gasteiger partial charge in [0, 0.05) is 49.3 Å². The molecule has 0 aromatic heterocycles. The molecule has 0 aromatic rings. The number of nitrogens with zero attached hydrogens (tertiary/aromatic N) is 7. The summed E-state index contributed by atoms with van der Waals surface area (Å²) < 4.78 is 0. The topological polar surface area (TPSA) is 279 Å². The largest absolute Gasteiger partial charge is 0.390 e. The highest BCUT2D eigenvalue weighted by Gasteiger charge is 2.45. The Morgan fingerprint density at radius 2 is 0.871 bits per heavy atom. The van der Waals surface area contributed by atoms with Crippen molar-refractivity contribution in [2.75, 3.05) is 55.9 Å². The monoisotopic (exact) mass is 1200 g/mol. The summed E-state index contributed by atoms with van der Waals surface area (Å²) in [6.45, 7) is 29.3. The summed E-state index contributed by atoms with van der Waals surface area (Å²) in [5.41, 5.74) is 0. The lowest BCUT2D eigenvalue weighted by molar-refractivity contribution is -0.157. The number of aliphatic hydroxyl groups excluding tert-OH is 1. The number of aliphatic hydroxyl groups is 1. The zero-order chi connectivity index (χ0) is 66.0. The average molecular weight is 1200 g/mol. The molecule has 1 aliphatic rings. The molecular weight excluding hydrogens is 1090 g/mol. The lowest BCUT2D eigenvalue weighted by Gasteiger charge is -2.41. The summed E-state index contributed by atoms with van der Waals surface area (Å²) in [6, 6.07) is -12.3. The third-order valence-corrected chi connectivity index (χ3v) is 16.1. The number of hydrogen-bond acceptors (Lipinski definition) is 12. The van der Waals surface area contributed by atoms with Gasteiger partial charge in [0.1, 0.15) is 60.4 Å². The summed E-state index contributed by atoms with van der Waals surface area (Å²) in [6.07, 6.45) is 3.04. The number of carbonyl (C=O) groups excluding carboxylic acids is 11. The first-order chi connectivity index (χ1) is 39.2. The van der Waals surface area contributed by atoms with Gasteiger partial charge in [-0.3, -0.25) is 52.7 Å². The van der Waals surface area contributed by atoms with Gasteiger partial charge >= 0.3 is 0 Å². The van der Waals surface area contributed by atoms with Gasteiger partial charge in [0.25, 0.3) is 0 Å². The minimum Gasteiger partial charge on any atom is -0.390 e. The molecule has 1 heterocycles. The SMILES string of the molecule is CC=CC[C@@H](C)[C@@H](O)[C@H]1C(=O)N[C@@H](CC)C(=O)N(C)CC(=O)N(C)[C@@H](CC(C)C)C(=O)N[C@@H](C(C)C)C(=O)N(C)[C@@H](CC(C)C)C(=O)N[C@@H](C)C(=O)N[C@H](C)C(=O)N(C)[C@@H](CC(C)C)C(=O)N(C)[C@H](CC(C)C)C(=O)N(C)[C@@H](C(C)C)C(=O)N1C. The lowest BCUT2D eigenvalue weighted by Crippen LogP contribution is -2.63. The Bertz CT molecular complexity index is 2330. The van der Waals surface area contributed by atoms with Gasteiger partial charge in [-0.15, -0.1) is 0 Å². The van der Waals surface area contributed by atoms with E-state index in [0.29, 0.717) is 6.42 Å². The number of likely N-dealkylation sites (N-methyl/N-ethyl adjacent to an activating group) is 7. The minimum absolute atomic E-state index is 0.0229. The zero-order valence-corrected chi connectivity index (χ0v) is 56.1. The van der Waals surface area contributed by atoms with E-state index in [9.17, 15) is 48.3 Å². The molecule has 11 amide bonds. The van der Waals surface area contributed by atoms with Crippen LogP contribution < -0.4 is 21.3 Å². The highest BCUT2D eigenvalue weighted by Crippen LogP contribution is 2.26. The first-order valence-electron chi connectivity index (χ1n) is 30.6. The molecule has 0 aliphatic carbocycles. The molecular formula is C62H111N11O12.